The van der Waals surface area contributed by atoms with Crippen LogP contribution < -0.4 is 14.4 Å². The molecular formula is C27H36FN3O5S. The monoisotopic (exact) mass is 533 g/mol. The fraction of sp³-hybridized carbons (Fsp3) is 0.481. The number of benzene rings is 2. The lowest BCUT2D eigenvalue weighted by atomic mass is 9.95. The molecule has 1 N–H and O–H groups in total. The van der Waals surface area contributed by atoms with E-state index in [0.717, 1.165) is 42.7 Å². The smallest absolute Gasteiger partial charge is 0.244 e. The summed E-state index contributed by atoms with van der Waals surface area (Å²) in [5, 5.41) is 3.02. The lowest BCUT2D eigenvalue weighted by Crippen LogP contribution is -2.53. The molecule has 1 fully saturated rings. The molecule has 37 heavy (non-hydrogen) atoms. The Morgan fingerprint density at radius 2 is 1.73 bits per heavy atom. The van der Waals surface area contributed by atoms with Crippen LogP contribution in [0.3, 0.4) is 0 Å². The molecule has 0 spiro atoms. The van der Waals surface area contributed by atoms with Crippen LogP contribution in [0, 0.1) is 5.82 Å². The molecule has 0 bridgehead atoms. The molecule has 3 rings (SSSR count). The van der Waals surface area contributed by atoms with Crippen molar-refractivity contribution in [3.8, 4) is 5.75 Å². The Hall–Kier alpha value is -3.14. The molecule has 0 aromatic heterocycles. The summed E-state index contributed by atoms with van der Waals surface area (Å²) in [7, 11) is -3.91. The quantitative estimate of drug-likeness (QED) is 0.473. The van der Waals surface area contributed by atoms with Crippen LogP contribution in [0.2, 0.25) is 0 Å². The summed E-state index contributed by atoms with van der Waals surface area (Å²) in [5.41, 5.74) is 0.444. The molecule has 10 heteroatoms. The van der Waals surface area contributed by atoms with E-state index in [-0.39, 0.29) is 29.7 Å². The van der Waals surface area contributed by atoms with Crippen molar-refractivity contribution in [3.63, 3.8) is 0 Å². The van der Waals surface area contributed by atoms with E-state index in [4.69, 9.17) is 4.74 Å². The van der Waals surface area contributed by atoms with Gasteiger partial charge in [-0.05, 0) is 44.9 Å². The number of nitrogens with zero attached hydrogens (tertiary/aromatic N) is 2. The number of nitrogens with one attached hydrogen (secondary N) is 1. The minimum Gasteiger partial charge on any atom is -0.492 e. The fourth-order valence-corrected chi connectivity index (χ4v) is 5.35. The van der Waals surface area contributed by atoms with Crippen LogP contribution in [-0.2, 0) is 26.2 Å². The first-order valence-electron chi connectivity index (χ1n) is 12.6. The van der Waals surface area contributed by atoms with Gasteiger partial charge in [-0.1, -0.05) is 49.6 Å². The molecule has 0 heterocycles. The molecule has 0 saturated heterocycles. The van der Waals surface area contributed by atoms with E-state index in [0.29, 0.717) is 12.4 Å². The van der Waals surface area contributed by atoms with Gasteiger partial charge in [-0.25, -0.2) is 12.8 Å². The first-order valence-corrected chi connectivity index (χ1v) is 14.5. The molecular weight excluding hydrogens is 497 g/mol. The van der Waals surface area contributed by atoms with Crippen LogP contribution in [0.1, 0.15) is 51.5 Å². The lowest BCUT2D eigenvalue weighted by Gasteiger charge is -2.33. The van der Waals surface area contributed by atoms with Crippen molar-refractivity contribution in [1.82, 2.24) is 10.2 Å². The van der Waals surface area contributed by atoms with E-state index in [1.54, 1.807) is 56.3 Å². The third-order valence-corrected chi connectivity index (χ3v) is 7.66. The molecule has 0 aliphatic heterocycles. The van der Waals surface area contributed by atoms with E-state index in [1.807, 2.05) is 0 Å². The van der Waals surface area contributed by atoms with Crippen molar-refractivity contribution < 1.29 is 27.1 Å². The molecule has 2 aromatic rings. The number of ether oxygens (including phenoxy) is 1. The zero-order valence-corrected chi connectivity index (χ0v) is 22.5. The maximum Gasteiger partial charge on any atom is 0.244 e. The Balaban J connectivity index is 1.91. The molecule has 1 atom stereocenters. The highest BCUT2D eigenvalue weighted by atomic mass is 32.2. The Bertz CT molecular complexity index is 1180. The van der Waals surface area contributed by atoms with Gasteiger partial charge in [0.05, 0.1) is 18.6 Å². The van der Waals surface area contributed by atoms with Gasteiger partial charge in [0, 0.05) is 18.2 Å². The highest BCUT2D eigenvalue weighted by Gasteiger charge is 2.32. The van der Waals surface area contributed by atoms with Crippen molar-refractivity contribution in [3.05, 3.63) is 59.9 Å². The third kappa shape index (κ3) is 7.67. The summed E-state index contributed by atoms with van der Waals surface area (Å²) in [6, 6.07) is 11.6. The van der Waals surface area contributed by atoms with Gasteiger partial charge in [0.25, 0.3) is 0 Å². The number of anilines is 1. The number of halogens is 1. The summed E-state index contributed by atoms with van der Waals surface area (Å²) in [6.45, 7) is 2.90. The number of carbonyl (C=O) groups is 2. The normalized spacial score (nSPS) is 15.0. The molecule has 1 aliphatic rings. The van der Waals surface area contributed by atoms with Crippen LogP contribution in [0.5, 0.6) is 5.75 Å². The van der Waals surface area contributed by atoms with E-state index in [9.17, 15) is 22.4 Å². The standard InChI is InChI=1S/C27H36FN3O5S/c1-4-36-25-17-11-10-16-24(25)31(37(3,34)35)19-26(32)30(18-21-12-8-9-15-23(21)28)20(2)27(33)29-22-13-6-5-7-14-22/h8-12,15-17,20,22H,4-7,13-14,18-19H2,1-3H3,(H,29,33). The predicted octanol–water partition coefficient (Wildman–Crippen LogP) is 3.86. The van der Waals surface area contributed by atoms with Gasteiger partial charge in [-0.3, -0.25) is 13.9 Å². The maximum atomic E-state index is 14.5. The minimum absolute atomic E-state index is 0.0275. The zero-order chi connectivity index (χ0) is 27.0. The van der Waals surface area contributed by atoms with Crippen LogP contribution in [0.15, 0.2) is 48.5 Å². The molecule has 202 valence electrons. The maximum absolute atomic E-state index is 14.5. The van der Waals surface area contributed by atoms with Gasteiger partial charge in [-0.15, -0.1) is 0 Å². The summed E-state index contributed by atoms with van der Waals surface area (Å²) < 4.78 is 46.7. The second kappa shape index (κ2) is 12.9. The number of carbonyl (C=O) groups excluding carboxylic acids is 2. The topological polar surface area (TPSA) is 96.0 Å². The van der Waals surface area contributed by atoms with Gasteiger partial charge in [-0.2, -0.15) is 0 Å². The summed E-state index contributed by atoms with van der Waals surface area (Å²) in [5.74, 6) is -1.18. The number of rotatable bonds is 11. The Kier molecular flexibility index (Phi) is 9.91. The molecule has 1 unspecified atom stereocenters. The first kappa shape index (κ1) is 28.4. The number of amides is 2. The Morgan fingerprint density at radius 1 is 1.08 bits per heavy atom. The highest BCUT2D eigenvalue weighted by Crippen LogP contribution is 2.30. The SMILES string of the molecule is CCOc1ccccc1N(CC(=O)N(Cc1ccccc1F)C(C)C(=O)NC1CCCCC1)S(C)(=O)=O. The average molecular weight is 534 g/mol. The van der Waals surface area contributed by atoms with E-state index >= 15 is 0 Å². The highest BCUT2D eigenvalue weighted by molar-refractivity contribution is 7.92. The Morgan fingerprint density at radius 3 is 2.38 bits per heavy atom. The van der Waals surface area contributed by atoms with Crippen LogP contribution in [-0.4, -0.2) is 56.6 Å². The van der Waals surface area contributed by atoms with Gasteiger partial charge < -0.3 is 15.0 Å². The third-order valence-electron chi connectivity index (χ3n) is 6.53. The summed E-state index contributed by atoms with van der Waals surface area (Å²) in [4.78, 5) is 28.1. The van der Waals surface area contributed by atoms with Gasteiger partial charge >= 0.3 is 0 Å². The molecule has 1 aliphatic carbocycles. The summed E-state index contributed by atoms with van der Waals surface area (Å²) >= 11 is 0. The molecule has 8 nitrogen and oxygen atoms in total. The second-order valence-electron chi connectivity index (χ2n) is 9.30. The van der Waals surface area contributed by atoms with Crippen LogP contribution in [0.25, 0.3) is 0 Å². The largest absolute Gasteiger partial charge is 0.492 e. The fourth-order valence-electron chi connectivity index (χ4n) is 4.50. The van der Waals surface area contributed by atoms with Crippen LogP contribution >= 0.6 is 0 Å². The number of sulfonamides is 1. The van der Waals surface area contributed by atoms with E-state index in [2.05, 4.69) is 5.32 Å². The molecule has 2 amide bonds. The average Bonchev–Trinajstić information content (AvgIpc) is 2.87. The van der Waals surface area contributed by atoms with Crippen molar-refractivity contribution >= 4 is 27.5 Å². The van der Waals surface area contributed by atoms with Gasteiger partial charge in [0.2, 0.25) is 21.8 Å². The lowest BCUT2D eigenvalue weighted by molar-refractivity contribution is -0.139. The first-order chi connectivity index (χ1) is 17.6. The minimum atomic E-state index is -3.91. The van der Waals surface area contributed by atoms with Crippen molar-refractivity contribution in [2.75, 3.05) is 23.7 Å². The van der Waals surface area contributed by atoms with Gasteiger partial charge in [0.15, 0.2) is 0 Å². The molecule has 2 aromatic carbocycles. The number of hydrogen-bond donors (Lipinski definition) is 1. The Labute approximate surface area is 218 Å². The number of para-hydroxylation sites is 2. The van der Waals surface area contributed by atoms with Crippen molar-refractivity contribution in [2.45, 2.75) is 64.6 Å². The zero-order valence-electron chi connectivity index (χ0n) is 21.7. The van der Waals surface area contributed by atoms with Gasteiger partial charge in [0.1, 0.15) is 24.2 Å². The molecule has 1 saturated carbocycles. The second-order valence-corrected chi connectivity index (χ2v) is 11.2. The van der Waals surface area contributed by atoms with Crippen molar-refractivity contribution in [2.24, 2.45) is 0 Å². The number of hydrogen-bond acceptors (Lipinski definition) is 5. The van der Waals surface area contributed by atoms with Crippen molar-refractivity contribution in [1.29, 1.82) is 0 Å². The predicted molar refractivity (Wildman–Crippen MR) is 141 cm³/mol. The van der Waals surface area contributed by atoms with E-state index in [1.165, 1.54) is 11.0 Å². The van der Waals surface area contributed by atoms with Crippen LogP contribution in [0.4, 0.5) is 10.1 Å². The van der Waals surface area contributed by atoms with E-state index < -0.39 is 34.3 Å². The molecule has 0 radical (unpaired) electrons. The summed E-state index contributed by atoms with van der Waals surface area (Å²) in [6.07, 6.45) is 5.93.